The minimum atomic E-state index is -0.276. The molecule has 25 heavy (non-hydrogen) atoms. The minimum absolute atomic E-state index is 0.0962. The van der Waals surface area contributed by atoms with E-state index in [4.69, 9.17) is 0 Å². The van der Waals surface area contributed by atoms with Gasteiger partial charge in [0.1, 0.15) is 5.82 Å². The van der Waals surface area contributed by atoms with Gasteiger partial charge in [0.25, 0.3) is 5.91 Å². The summed E-state index contributed by atoms with van der Waals surface area (Å²) >= 11 is 0. The molecular formula is C21H21FN2O. The number of rotatable bonds is 4. The number of para-hydroxylation sites is 1. The summed E-state index contributed by atoms with van der Waals surface area (Å²) in [4.78, 5) is 17.3. The Labute approximate surface area is 146 Å². The maximum Gasteiger partial charge on any atom is 0.252 e. The van der Waals surface area contributed by atoms with Crippen LogP contribution in [0.2, 0.25) is 0 Å². The Morgan fingerprint density at radius 3 is 2.60 bits per heavy atom. The fourth-order valence-electron chi connectivity index (χ4n) is 2.83. The summed E-state index contributed by atoms with van der Waals surface area (Å²) in [5.41, 5.74) is 3.91. The van der Waals surface area contributed by atoms with Crippen LogP contribution in [0.1, 0.15) is 36.3 Å². The summed E-state index contributed by atoms with van der Waals surface area (Å²) in [5, 5.41) is 3.81. The largest absolute Gasteiger partial charge is 0.350 e. The smallest absolute Gasteiger partial charge is 0.252 e. The second kappa shape index (κ2) is 7.01. The first kappa shape index (κ1) is 17.1. The van der Waals surface area contributed by atoms with Crippen LogP contribution in [0.5, 0.6) is 0 Å². The van der Waals surface area contributed by atoms with Crippen molar-refractivity contribution in [3.63, 3.8) is 0 Å². The van der Waals surface area contributed by atoms with E-state index >= 15 is 0 Å². The third-order valence-corrected chi connectivity index (χ3v) is 4.36. The number of benzene rings is 2. The zero-order valence-corrected chi connectivity index (χ0v) is 14.6. The van der Waals surface area contributed by atoms with Gasteiger partial charge in [0.2, 0.25) is 0 Å². The molecule has 0 aliphatic heterocycles. The first-order chi connectivity index (χ1) is 12.0. The number of pyridine rings is 1. The summed E-state index contributed by atoms with van der Waals surface area (Å²) in [5.74, 6) is -0.372. The Morgan fingerprint density at radius 2 is 1.92 bits per heavy atom. The monoisotopic (exact) mass is 336 g/mol. The lowest BCUT2D eigenvalue weighted by molar-refractivity contribution is 0.0941. The molecule has 0 saturated heterocycles. The van der Waals surface area contributed by atoms with Gasteiger partial charge in [-0.05, 0) is 44.0 Å². The highest BCUT2D eigenvalue weighted by Gasteiger charge is 2.16. The zero-order chi connectivity index (χ0) is 18.0. The molecule has 1 aromatic heterocycles. The van der Waals surface area contributed by atoms with Crippen LogP contribution in [0.3, 0.4) is 0 Å². The van der Waals surface area contributed by atoms with Crippen molar-refractivity contribution in [3.05, 3.63) is 65.6 Å². The van der Waals surface area contributed by atoms with Crippen LogP contribution < -0.4 is 5.32 Å². The number of halogens is 1. The maximum absolute atomic E-state index is 13.2. The van der Waals surface area contributed by atoms with Gasteiger partial charge in [-0.25, -0.2) is 4.39 Å². The van der Waals surface area contributed by atoms with Crippen molar-refractivity contribution in [3.8, 4) is 11.1 Å². The van der Waals surface area contributed by atoms with Gasteiger partial charge in [-0.3, -0.25) is 9.78 Å². The van der Waals surface area contributed by atoms with E-state index in [1.165, 1.54) is 12.1 Å². The van der Waals surface area contributed by atoms with E-state index in [1.807, 2.05) is 45.0 Å². The number of aromatic nitrogens is 1. The van der Waals surface area contributed by atoms with Crippen LogP contribution in [0.4, 0.5) is 4.39 Å². The standard InChI is InChI=1S/C21H21FN2O/c1-4-13(2)24-21(25)19-12-14(3)23-20-17(6-5-7-18(19)20)15-8-10-16(22)11-9-15/h5-13H,4H2,1-3H3,(H,24,25). The number of amides is 1. The Kier molecular flexibility index (Phi) is 4.79. The van der Waals surface area contributed by atoms with E-state index in [1.54, 1.807) is 12.1 Å². The van der Waals surface area contributed by atoms with Crippen LogP contribution in [0.15, 0.2) is 48.5 Å². The van der Waals surface area contributed by atoms with Crippen molar-refractivity contribution in [2.24, 2.45) is 0 Å². The Bertz CT molecular complexity index is 919. The number of fused-ring (bicyclic) bond motifs is 1. The molecule has 0 bridgehead atoms. The average Bonchev–Trinajstić information content (AvgIpc) is 2.61. The van der Waals surface area contributed by atoms with Crippen molar-refractivity contribution < 1.29 is 9.18 Å². The van der Waals surface area contributed by atoms with Crippen molar-refractivity contribution in [1.29, 1.82) is 0 Å². The molecule has 1 N–H and O–H groups in total. The SMILES string of the molecule is CCC(C)NC(=O)c1cc(C)nc2c(-c3ccc(F)cc3)cccc12. The lowest BCUT2D eigenvalue weighted by Crippen LogP contribution is -2.32. The van der Waals surface area contributed by atoms with Crippen molar-refractivity contribution >= 4 is 16.8 Å². The third-order valence-electron chi connectivity index (χ3n) is 4.36. The molecule has 3 nitrogen and oxygen atoms in total. The fraction of sp³-hybridized carbons (Fsp3) is 0.238. The maximum atomic E-state index is 13.2. The molecule has 1 amide bonds. The van der Waals surface area contributed by atoms with E-state index in [0.29, 0.717) is 5.56 Å². The van der Waals surface area contributed by atoms with E-state index < -0.39 is 0 Å². The molecule has 2 aromatic carbocycles. The average molecular weight is 336 g/mol. The van der Waals surface area contributed by atoms with E-state index in [2.05, 4.69) is 10.3 Å². The first-order valence-corrected chi connectivity index (χ1v) is 8.46. The van der Waals surface area contributed by atoms with Crippen LogP contribution in [-0.2, 0) is 0 Å². The first-order valence-electron chi connectivity index (χ1n) is 8.46. The van der Waals surface area contributed by atoms with Gasteiger partial charge in [0.05, 0.1) is 11.1 Å². The highest BCUT2D eigenvalue weighted by molar-refractivity contribution is 6.09. The number of aryl methyl sites for hydroxylation is 1. The molecule has 1 heterocycles. The number of hydrogen-bond donors (Lipinski definition) is 1. The molecule has 128 valence electrons. The fourth-order valence-corrected chi connectivity index (χ4v) is 2.83. The van der Waals surface area contributed by atoms with Gasteiger partial charge in [-0.2, -0.15) is 0 Å². The van der Waals surface area contributed by atoms with Gasteiger partial charge in [0, 0.05) is 22.7 Å². The van der Waals surface area contributed by atoms with Crippen LogP contribution in [0, 0.1) is 12.7 Å². The van der Waals surface area contributed by atoms with Crippen LogP contribution in [-0.4, -0.2) is 16.9 Å². The molecule has 1 unspecified atom stereocenters. The molecule has 3 aromatic rings. The number of carbonyl (C=O) groups is 1. The normalized spacial score (nSPS) is 12.2. The number of nitrogens with zero attached hydrogens (tertiary/aromatic N) is 1. The number of hydrogen-bond acceptors (Lipinski definition) is 2. The molecule has 1 atom stereocenters. The molecule has 0 saturated carbocycles. The second-order valence-corrected chi connectivity index (χ2v) is 6.30. The third kappa shape index (κ3) is 3.53. The van der Waals surface area contributed by atoms with Crippen molar-refractivity contribution in [2.45, 2.75) is 33.2 Å². The Morgan fingerprint density at radius 1 is 1.20 bits per heavy atom. The highest BCUT2D eigenvalue weighted by atomic mass is 19.1. The molecule has 0 aliphatic carbocycles. The highest BCUT2D eigenvalue weighted by Crippen LogP contribution is 2.29. The molecule has 0 fully saturated rings. The number of nitrogens with one attached hydrogen (secondary N) is 1. The van der Waals surface area contributed by atoms with Crippen molar-refractivity contribution in [1.82, 2.24) is 10.3 Å². The summed E-state index contributed by atoms with van der Waals surface area (Å²) in [6, 6.07) is 14.0. The molecular weight excluding hydrogens is 315 g/mol. The molecule has 3 rings (SSSR count). The van der Waals surface area contributed by atoms with Crippen LogP contribution in [0.25, 0.3) is 22.0 Å². The predicted molar refractivity (Wildman–Crippen MR) is 99.1 cm³/mol. The molecule has 0 aliphatic rings. The van der Waals surface area contributed by atoms with E-state index in [-0.39, 0.29) is 17.8 Å². The van der Waals surface area contributed by atoms with Gasteiger partial charge in [-0.15, -0.1) is 0 Å². The summed E-state index contributed by atoms with van der Waals surface area (Å²) in [6.07, 6.45) is 0.870. The van der Waals surface area contributed by atoms with Gasteiger partial charge < -0.3 is 5.32 Å². The summed E-state index contributed by atoms with van der Waals surface area (Å²) in [7, 11) is 0. The zero-order valence-electron chi connectivity index (χ0n) is 14.6. The summed E-state index contributed by atoms with van der Waals surface area (Å²) in [6.45, 7) is 5.90. The topological polar surface area (TPSA) is 42.0 Å². The van der Waals surface area contributed by atoms with E-state index in [9.17, 15) is 9.18 Å². The van der Waals surface area contributed by atoms with Gasteiger partial charge >= 0.3 is 0 Å². The second-order valence-electron chi connectivity index (χ2n) is 6.30. The molecule has 0 spiro atoms. The van der Waals surface area contributed by atoms with E-state index in [0.717, 1.165) is 34.1 Å². The van der Waals surface area contributed by atoms with Crippen LogP contribution >= 0.6 is 0 Å². The Hall–Kier alpha value is -2.75. The van der Waals surface area contributed by atoms with Gasteiger partial charge in [0.15, 0.2) is 0 Å². The van der Waals surface area contributed by atoms with Crippen molar-refractivity contribution in [2.75, 3.05) is 0 Å². The molecule has 0 radical (unpaired) electrons. The minimum Gasteiger partial charge on any atom is -0.350 e. The lowest BCUT2D eigenvalue weighted by Gasteiger charge is -2.14. The quantitative estimate of drug-likeness (QED) is 0.738. The Balaban J connectivity index is 2.16. The van der Waals surface area contributed by atoms with Gasteiger partial charge in [-0.1, -0.05) is 37.3 Å². The summed E-state index contributed by atoms with van der Waals surface area (Å²) < 4.78 is 13.2. The number of carbonyl (C=O) groups excluding carboxylic acids is 1. The lowest BCUT2D eigenvalue weighted by atomic mass is 9.98. The predicted octanol–water partition coefficient (Wildman–Crippen LogP) is 4.88. The molecule has 4 heteroatoms.